The van der Waals surface area contributed by atoms with Gasteiger partial charge in [-0.1, -0.05) is 62.9 Å². The van der Waals surface area contributed by atoms with E-state index in [2.05, 4.69) is 31.2 Å². The number of carbonyl (C=O) groups is 1. The number of carbonyl (C=O) groups excluding carboxylic acids is 1. The molecule has 0 aromatic heterocycles. The molecule has 0 bridgehead atoms. The smallest absolute Gasteiger partial charge is 0.126 e. The van der Waals surface area contributed by atoms with Crippen LogP contribution in [0.1, 0.15) is 120 Å². The quantitative estimate of drug-likeness (QED) is 0.183. The first kappa shape index (κ1) is 25.7. The van der Waals surface area contributed by atoms with E-state index in [0.717, 1.165) is 43.4 Å². The molecule has 2 heteroatoms. The third-order valence-corrected chi connectivity index (χ3v) is 8.74. The minimum atomic E-state index is -0.134. The van der Waals surface area contributed by atoms with Gasteiger partial charge >= 0.3 is 0 Å². The molecule has 1 aromatic rings. The van der Waals surface area contributed by atoms with Gasteiger partial charge in [0.15, 0.2) is 0 Å². The van der Waals surface area contributed by atoms with Crippen molar-refractivity contribution in [3.05, 3.63) is 47.5 Å². The first-order valence-electron chi connectivity index (χ1n) is 13.8. The topological polar surface area (TPSA) is 40.9 Å². The summed E-state index contributed by atoms with van der Waals surface area (Å²) in [6, 6.07) is 11.6. The van der Waals surface area contributed by atoms with Crippen LogP contribution in [0.3, 0.4) is 0 Å². The van der Waals surface area contributed by atoms with E-state index in [1.807, 2.05) is 12.1 Å². The van der Waals surface area contributed by atoms with Crippen LogP contribution in [-0.2, 0) is 11.2 Å². The number of rotatable bonds is 12. The van der Waals surface area contributed by atoms with Gasteiger partial charge in [0, 0.05) is 11.5 Å². The number of hydrogen-bond acceptors (Lipinski definition) is 2. The molecule has 0 saturated heterocycles. The summed E-state index contributed by atoms with van der Waals surface area (Å²) in [4.78, 5) is 11.9. The van der Waals surface area contributed by atoms with Gasteiger partial charge in [0.05, 0.1) is 6.07 Å². The summed E-state index contributed by atoms with van der Waals surface area (Å²) >= 11 is 0. The fraction of sp³-hybridized carbons (Fsp3) is 0.677. The van der Waals surface area contributed by atoms with Gasteiger partial charge in [-0.3, -0.25) is 0 Å². The molecule has 3 rings (SSSR count). The summed E-state index contributed by atoms with van der Waals surface area (Å²) in [5.74, 6) is 2.40. The van der Waals surface area contributed by atoms with Crippen molar-refractivity contribution in [2.45, 2.75) is 116 Å². The third kappa shape index (κ3) is 7.84. The van der Waals surface area contributed by atoms with E-state index in [9.17, 15) is 4.79 Å². The van der Waals surface area contributed by atoms with E-state index >= 15 is 0 Å². The fourth-order valence-corrected chi connectivity index (χ4v) is 6.43. The molecule has 2 fully saturated rings. The Morgan fingerprint density at radius 3 is 2.24 bits per heavy atom. The second-order valence-electron chi connectivity index (χ2n) is 10.9. The van der Waals surface area contributed by atoms with Crippen molar-refractivity contribution in [2.24, 2.45) is 17.3 Å². The van der Waals surface area contributed by atoms with Gasteiger partial charge in [-0.15, -0.1) is 0 Å². The maximum Gasteiger partial charge on any atom is 0.126 e. The molecular formula is C31H45NO. The monoisotopic (exact) mass is 447 g/mol. The molecule has 0 heterocycles. The zero-order chi connectivity index (χ0) is 23.4. The standard InChI is InChI=1S/C31H45NO/c1-2-3-4-5-7-10-26-11-13-27(14-12-26)28-15-17-29(18-16-28)30-19-22-31(25-33,23-20-30)21-8-6-9-24-32/h6,9,11-14,25,28-30H,2-5,7-8,10,15-23H2,1H3/t28-,29-,30-,31+. The van der Waals surface area contributed by atoms with Crippen LogP contribution in [0.5, 0.6) is 0 Å². The average molecular weight is 448 g/mol. The van der Waals surface area contributed by atoms with Crippen LogP contribution < -0.4 is 0 Å². The summed E-state index contributed by atoms with van der Waals surface area (Å²) in [6.07, 6.45) is 24.3. The summed E-state index contributed by atoms with van der Waals surface area (Å²) in [5, 5.41) is 8.66. The SMILES string of the molecule is CCCCCCCc1ccc([C@H]2CC[C@H]([C@H]3CC[C@](C=O)(CCC=CC#N)CC3)CC2)cc1. The molecule has 0 radical (unpaired) electrons. The van der Waals surface area contributed by atoms with Gasteiger partial charge in [-0.05, 0) is 106 Å². The molecule has 33 heavy (non-hydrogen) atoms. The number of nitrogens with zero attached hydrogens (tertiary/aromatic N) is 1. The Morgan fingerprint density at radius 2 is 1.61 bits per heavy atom. The maximum atomic E-state index is 11.9. The number of nitriles is 1. The molecule has 0 unspecified atom stereocenters. The van der Waals surface area contributed by atoms with Crippen LogP contribution in [0.15, 0.2) is 36.4 Å². The molecule has 0 spiro atoms. The Hall–Kier alpha value is -1.88. The number of unbranched alkanes of at least 4 members (excludes halogenated alkanes) is 4. The number of aldehydes is 1. The molecule has 0 N–H and O–H groups in total. The number of benzene rings is 1. The minimum Gasteiger partial charge on any atom is -0.303 e. The molecular weight excluding hydrogens is 402 g/mol. The second-order valence-corrected chi connectivity index (χ2v) is 10.9. The Morgan fingerprint density at radius 1 is 0.939 bits per heavy atom. The van der Waals surface area contributed by atoms with Gasteiger partial charge < -0.3 is 4.79 Å². The predicted molar refractivity (Wildman–Crippen MR) is 138 cm³/mol. The summed E-state index contributed by atoms with van der Waals surface area (Å²) in [6.45, 7) is 2.28. The fourth-order valence-electron chi connectivity index (χ4n) is 6.43. The second kappa shape index (κ2) is 13.7. The van der Waals surface area contributed by atoms with E-state index in [4.69, 9.17) is 5.26 Å². The van der Waals surface area contributed by atoms with Crippen LogP contribution in [0.4, 0.5) is 0 Å². The van der Waals surface area contributed by atoms with E-state index in [0.29, 0.717) is 0 Å². The molecule has 2 aliphatic rings. The number of hydrogen-bond donors (Lipinski definition) is 0. The van der Waals surface area contributed by atoms with Crippen molar-refractivity contribution in [3.63, 3.8) is 0 Å². The molecule has 0 amide bonds. The Bertz CT molecular complexity index is 755. The molecule has 0 aliphatic heterocycles. The highest BCUT2D eigenvalue weighted by Crippen LogP contribution is 2.48. The lowest BCUT2D eigenvalue weighted by Gasteiger charge is -2.41. The highest BCUT2D eigenvalue weighted by molar-refractivity contribution is 5.59. The van der Waals surface area contributed by atoms with Gasteiger partial charge in [0.25, 0.3) is 0 Å². The molecule has 180 valence electrons. The van der Waals surface area contributed by atoms with Crippen molar-refractivity contribution in [3.8, 4) is 6.07 Å². The van der Waals surface area contributed by atoms with E-state index in [-0.39, 0.29) is 5.41 Å². The first-order chi connectivity index (χ1) is 16.2. The van der Waals surface area contributed by atoms with E-state index in [1.165, 1.54) is 88.9 Å². The Labute approximate surface area is 202 Å². The van der Waals surface area contributed by atoms with Crippen molar-refractivity contribution in [1.29, 1.82) is 5.26 Å². The lowest BCUT2D eigenvalue weighted by molar-refractivity contribution is -0.119. The van der Waals surface area contributed by atoms with Crippen LogP contribution in [0.25, 0.3) is 0 Å². The van der Waals surface area contributed by atoms with Gasteiger partial charge in [0.1, 0.15) is 6.29 Å². The highest BCUT2D eigenvalue weighted by Gasteiger charge is 2.38. The summed E-state index contributed by atoms with van der Waals surface area (Å²) in [7, 11) is 0. The highest BCUT2D eigenvalue weighted by atomic mass is 16.1. The maximum absolute atomic E-state index is 11.9. The van der Waals surface area contributed by atoms with E-state index in [1.54, 1.807) is 11.6 Å². The van der Waals surface area contributed by atoms with Crippen molar-refractivity contribution in [1.82, 2.24) is 0 Å². The minimum absolute atomic E-state index is 0.134. The summed E-state index contributed by atoms with van der Waals surface area (Å²) in [5.41, 5.74) is 2.93. The Balaban J connectivity index is 1.40. The van der Waals surface area contributed by atoms with Gasteiger partial charge in [0.2, 0.25) is 0 Å². The lowest BCUT2D eigenvalue weighted by atomic mass is 9.63. The predicted octanol–water partition coefficient (Wildman–Crippen LogP) is 8.71. The van der Waals surface area contributed by atoms with Crippen molar-refractivity contribution in [2.75, 3.05) is 0 Å². The average Bonchev–Trinajstić information content (AvgIpc) is 2.87. The number of aryl methyl sites for hydroxylation is 1. The summed E-state index contributed by atoms with van der Waals surface area (Å²) < 4.78 is 0. The molecule has 0 atom stereocenters. The van der Waals surface area contributed by atoms with Gasteiger partial charge in [-0.25, -0.2) is 0 Å². The van der Waals surface area contributed by atoms with Crippen molar-refractivity contribution < 1.29 is 4.79 Å². The first-order valence-corrected chi connectivity index (χ1v) is 13.8. The third-order valence-electron chi connectivity index (χ3n) is 8.74. The van der Waals surface area contributed by atoms with Gasteiger partial charge in [-0.2, -0.15) is 5.26 Å². The molecule has 2 aliphatic carbocycles. The van der Waals surface area contributed by atoms with E-state index < -0.39 is 0 Å². The molecule has 2 saturated carbocycles. The zero-order valence-corrected chi connectivity index (χ0v) is 20.9. The van der Waals surface area contributed by atoms with Crippen LogP contribution in [0, 0.1) is 28.6 Å². The van der Waals surface area contributed by atoms with Crippen molar-refractivity contribution >= 4 is 6.29 Å². The van der Waals surface area contributed by atoms with Crippen LogP contribution in [-0.4, -0.2) is 6.29 Å². The van der Waals surface area contributed by atoms with Crippen LogP contribution >= 0.6 is 0 Å². The normalized spacial score (nSPS) is 27.9. The largest absolute Gasteiger partial charge is 0.303 e. The number of allylic oxidation sites excluding steroid dienone is 2. The Kier molecular flexibility index (Phi) is 10.7. The molecule has 1 aromatic carbocycles. The molecule has 2 nitrogen and oxygen atoms in total. The lowest BCUT2D eigenvalue weighted by Crippen LogP contribution is -2.32. The zero-order valence-electron chi connectivity index (χ0n) is 20.9. The van der Waals surface area contributed by atoms with Crippen LogP contribution in [0.2, 0.25) is 0 Å².